The molecule has 0 spiro atoms. The molecule has 6 nitrogen and oxygen atoms in total. The quantitative estimate of drug-likeness (QED) is 0.736. The molecule has 0 atom stereocenters. The van der Waals surface area contributed by atoms with Gasteiger partial charge in [0.15, 0.2) is 0 Å². The summed E-state index contributed by atoms with van der Waals surface area (Å²) in [5, 5.41) is 3.57. The van der Waals surface area contributed by atoms with Crippen LogP contribution in [0.1, 0.15) is 11.3 Å². The Hall–Kier alpha value is -2.25. The molecule has 3 rings (SSSR count). The van der Waals surface area contributed by atoms with Crippen LogP contribution in [-0.2, 0) is 7.05 Å². The van der Waals surface area contributed by atoms with Crippen molar-refractivity contribution in [2.45, 2.75) is 13.8 Å². The molecular weight excluding hydrogens is 334 g/mol. The Morgan fingerprint density at radius 1 is 1.30 bits per heavy atom. The molecule has 3 aromatic heterocycles. The SMILES string of the molecule is Cc1cc(Nc2nccc(-c3sc(=O)n(C)c3C)n2)cnc1Cl. The molecule has 0 saturated heterocycles. The van der Waals surface area contributed by atoms with Crippen LogP contribution in [0.4, 0.5) is 11.6 Å². The van der Waals surface area contributed by atoms with Crippen molar-refractivity contribution in [2.24, 2.45) is 7.05 Å². The first-order valence-corrected chi connectivity index (χ1v) is 8.04. The Balaban J connectivity index is 1.95. The summed E-state index contributed by atoms with van der Waals surface area (Å²) in [4.78, 5) is 25.4. The molecule has 8 heteroatoms. The van der Waals surface area contributed by atoms with Crippen LogP contribution in [0, 0.1) is 13.8 Å². The molecule has 0 fully saturated rings. The first kappa shape index (κ1) is 15.6. The lowest BCUT2D eigenvalue weighted by Crippen LogP contribution is -2.08. The van der Waals surface area contributed by atoms with E-state index in [1.807, 2.05) is 19.9 Å². The number of hydrogen-bond acceptors (Lipinski definition) is 6. The summed E-state index contributed by atoms with van der Waals surface area (Å²) in [6.45, 7) is 3.78. The number of halogens is 1. The highest BCUT2D eigenvalue weighted by Gasteiger charge is 2.12. The molecule has 3 aromatic rings. The van der Waals surface area contributed by atoms with Crippen LogP contribution in [0.3, 0.4) is 0 Å². The van der Waals surface area contributed by atoms with Gasteiger partial charge in [0.25, 0.3) is 0 Å². The first-order valence-electron chi connectivity index (χ1n) is 6.84. The fraction of sp³-hybridized carbons (Fsp3) is 0.200. The van der Waals surface area contributed by atoms with Gasteiger partial charge in [0, 0.05) is 18.9 Å². The van der Waals surface area contributed by atoms with E-state index >= 15 is 0 Å². The monoisotopic (exact) mass is 347 g/mol. The third-order valence-corrected chi connectivity index (χ3v) is 5.01. The van der Waals surface area contributed by atoms with Crippen molar-refractivity contribution in [3.63, 3.8) is 0 Å². The van der Waals surface area contributed by atoms with Crippen molar-refractivity contribution in [1.29, 1.82) is 0 Å². The summed E-state index contributed by atoms with van der Waals surface area (Å²) >= 11 is 7.10. The van der Waals surface area contributed by atoms with E-state index in [0.29, 0.717) is 16.8 Å². The maximum absolute atomic E-state index is 11.8. The largest absolute Gasteiger partial charge is 0.323 e. The lowest BCUT2D eigenvalue weighted by molar-refractivity contribution is 0.854. The maximum Gasteiger partial charge on any atom is 0.307 e. The second kappa shape index (κ2) is 6.10. The van der Waals surface area contributed by atoms with Gasteiger partial charge in [0.05, 0.1) is 22.5 Å². The van der Waals surface area contributed by atoms with Crippen LogP contribution < -0.4 is 10.2 Å². The lowest BCUT2D eigenvalue weighted by Gasteiger charge is -2.07. The standard InChI is InChI=1S/C15H14ClN5OS/c1-8-6-10(7-18-13(8)16)19-14-17-5-4-11(20-14)12-9(2)21(3)15(22)23-12/h4-7H,1-3H3,(H,17,19,20). The molecule has 1 N–H and O–H groups in total. The minimum absolute atomic E-state index is 0.0110. The van der Waals surface area contributed by atoms with Gasteiger partial charge < -0.3 is 9.88 Å². The highest BCUT2D eigenvalue weighted by atomic mass is 35.5. The Morgan fingerprint density at radius 3 is 2.74 bits per heavy atom. The summed E-state index contributed by atoms with van der Waals surface area (Å²) in [5.74, 6) is 0.439. The predicted octanol–water partition coefficient (Wildman–Crippen LogP) is 3.31. The second-order valence-corrected chi connectivity index (χ2v) is 6.38. The third kappa shape index (κ3) is 3.11. The normalized spacial score (nSPS) is 10.8. The van der Waals surface area contributed by atoms with Crippen LogP contribution in [0.2, 0.25) is 5.15 Å². The van der Waals surface area contributed by atoms with Gasteiger partial charge in [0.1, 0.15) is 5.15 Å². The van der Waals surface area contributed by atoms with Crippen molar-refractivity contribution in [3.8, 4) is 10.6 Å². The summed E-state index contributed by atoms with van der Waals surface area (Å²) in [6, 6.07) is 3.66. The van der Waals surface area contributed by atoms with Gasteiger partial charge in [-0.2, -0.15) is 0 Å². The average Bonchev–Trinajstić information content (AvgIpc) is 2.79. The first-order chi connectivity index (χ1) is 11.0. The highest BCUT2D eigenvalue weighted by molar-refractivity contribution is 7.13. The molecule has 0 radical (unpaired) electrons. The smallest absolute Gasteiger partial charge is 0.307 e. The fourth-order valence-electron chi connectivity index (χ4n) is 2.06. The highest BCUT2D eigenvalue weighted by Crippen LogP contribution is 2.25. The van der Waals surface area contributed by atoms with E-state index in [0.717, 1.165) is 21.8 Å². The number of aryl methyl sites for hydroxylation is 1. The minimum Gasteiger partial charge on any atom is -0.323 e. The summed E-state index contributed by atoms with van der Waals surface area (Å²) in [6.07, 6.45) is 3.28. The number of thiazole rings is 1. The van der Waals surface area contributed by atoms with Crippen LogP contribution in [0.5, 0.6) is 0 Å². The average molecular weight is 348 g/mol. The number of nitrogens with zero attached hydrogens (tertiary/aromatic N) is 4. The molecule has 0 aliphatic heterocycles. The number of anilines is 2. The Kier molecular flexibility index (Phi) is 4.14. The van der Waals surface area contributed by atoms with E-state index < -0.39 is 0 Å². The van der Waals surface area contributed by atoms with E-state index in [4.69, 9.17) is 11.6 Å². The molecule has 0 aliphatic carbocycles. The molecule has 0 aromatic carbocycles. The van der Waals surface area contributed by atoms with Gasteiger partial charge in [0.2, 0.25) is 5.95 Å². The Bertz CT molecular complexity index is 934. The van der Waals surface area contributed by atoms with Gasteiger partial charge in [-0.25, -0.2) is 15.0 Å². The van der Waals surface area contributed by atoms with Gasteiger partial charge >= 0.3 is 4.87 Å². The molecule has 0 aliphatic rings. The van der Waals surface area contributed by atoms with Crippen molar-refractivity contribution in [2.75, 3.05) is 5.32 Å². The third-order valence-electron chi connectivity index (χ3n) is 3.45. The van der Waals surface area contributed by atoms with Crippen molar-refractivity contribution in [1.82, 2.24) is 19.5 Å². The minimum atomic E-state index is -0.0110. The molecule has 0 amide bonds. The van der Waals surface area contributed by atoms with Crippen molar-refractivity contribution in [3.05, 3.63) is 50.6 Å². The van der Waals surface area contributed by atoms with Crippen LogP contribution in [0.15, 0.2) is 29.3 Å². The van der Waals surface area contributed by atoms with Crippen molar-refractivity contribution < 1.29 is 0 Å². The van der Waals surface area contributed by atoms with Gasteiger partial charge in [-0.15, -0.1) is 0 Å². The summed E-state index contributed by atoms with van der Waals surface area (Å²) < 4.78 is 1.61. The zero-order valence-corrected chi connectivity index (χ0v) is 14.4. The van der Waals surface area contributed by atoms with Crippen molar-refractivity contribution >= 4 is 34.6 Å². The molecule has 0 saturated carbocycles. The van der Waals surface area contributed by atoms with E-state index in [2.05, 4.69) is 20.3 Å². The number of hydrogen-bond donors (Lipinski definition) is 1. The number of rotatable bonds is 3. The predicted molar refractivity (Wildman–Crippen MR) is 92.6 cm³/mol. The molecule has 118 valence electrons. The lowest BCUT2D eigenvalue weighted by atomic mass is 10.3. The van der Waals surface area contributed by atoms with Crippen LogP contribution >= 0.6 is 22.9 Å². The zero-order valence-electron chi connectivity index (χ0n) is 12.8. The molecule has 23 heavy (non-hydrogen) atoms. The fourth-order valence-corrected chi connectivity index (χ4v) is 3.11. The van der Waals surface area contributed by atoms with E-state index in [1.165, 1.54) is 11.3 Å². The molecule has 3 heterocycles. The second-order valence-electron chi connectivity index (χ2n) is 5.06. The summed E-state index contributed by atoms with van der Waals surface area (Å²) in [5.41, 5.74) is 3.21. The molecule has 0 bridgehead atoms. The molecular formula is C15H14ClN5OS. The number of nitrogens with one attached hydrogen (secondary N) is 1. The van der Waals surface area contributed by atoms with Crippen LogP contribution in [-0.4, -0.2) is 19.5 Å². The van der Waals surface area contributed by atoms with Gasteiger partial charge in [-0.3, -0.25) is 4.79 Å². The van der Waals surface area contributed by atoms with Gasteiger partial charge in [-0.05, 0) is 31.5 Å². The van der Waals surface area contributed by atoms with Crippen LogP contribution in [0.25, 0.3) is 10.6 Å². The topological polar surface area (TPSA) is 72.7 Å². The Labute approximate surface area is 141 Å². The number of pyridine rings is 1. The van der Waals surface area contributed by atoms with E-state index in [9.17, 15) is 4.79 Å². The maximum atomic E-state index is 11.8. The Morgan fingerprint density at radius 2 is 2.09 bits per heavy atom. The molecule has 0 unspecified atom stereocenters. The summed E-state index contributed by atoms with van der Waals surface area (Å²) in [7, 11) is 1.75. The van der Waals surface area contributed by atoms with E-state index in [-0.39, 0.29) is 4.87 Å². The number of aromatic nitrogens is 4. The van der Waals surface area contributed by atoms with E-state index in [1.54, 1.807) is 30.1 Å². The zero-order chi connectivity index (χ0) is 16.6. The van der Waals surface area contributed by atoms with Gasteiger partial charge in [-0.1, -0.05) is 22.9 Å².